The average Bonchev–Trinajstić information content (AvgIpc) is 2.72. The van der Waals surface area contributed by atoms with Gasteiger partial charge in [0, 0.05) is 20.7 Å². The second-order valence-electron chi connectivity index (χ2n) is 3.90. The first-order valence-corrected chi connectivity index (χ1v) is 7.13. The molecule has 1 aromatic carbocycles. The van der Waals surface area contributed by atoms with Crippen LogP contribution in [0.3, 0.4) is 0 Å². The van der Waals surface area contributed by atoms with Crippen LogP contribution in [-0.4, -0.2) is 37.1 Å². The first-order valence-electron chi connectivity index (χ1n) is 5.40. The molecule has 0 bridgehead atoms. The van der Waals surface area contributed by atoms with Crippen molar-refractivity contribution in [3.8, 4) is 0 Å². The summed E-state index contributed by atoms with van der Waals surface area (Å²) in [5, 5.41) is 1.05. The van der Waals surface area contributed by atoms with Crippen molar-refractivity contribution in [1.82, 2.24) is 4.98 Å². The number of fused-ring (bicyclic) bond motifs is 1. The second kappa shape index (κ2) is 5.80. The fourth-order valence-electron chi connectivity index (χ4n) is 1.63. The third-order valence-corrected chi connectivity index (χ3v) is 4.13. The Morgan fingerprint density at radius 3 is 2.94 bits per heavy atom. The molecule has 17 heavy (non-hydrogen) atoms. The van der Waals surface area contributed by atoms with Crippen LogP contribution in [0.25, 0.3) is 10.2 Å². The van der Waals surface area contributed by atoms with Crippen LogP contribution in [0.5, 0.6) is 0 Å². The van der Waals surface area contributed by atoms with Gasteiger partial charge in [0.25, 0.3) is 0 Å². The van der Waals surface area contributed by atoms with Gasteiger partial charge in [0.1, 0.15) is 0 Å². The fraction of sp³-hybridized carbons (Fsp3) is 0.417. The molecule has 0 aliphatic heterocycles. The van der Waals surface area contributed by atoms with Crippen molar-refractivity contribution in [2.75, 3.05) is 32.2 Å². The number of benzene rings is 1. The molecule has 0 aliphatic rings. The lowest BCUT2D eigenvalue weighted by Crippen LogP contribution is -2.27. The lowest BCUT2D eigenvalue weighted by atomic mass is 10.3. The molecule has 2 rings (SSSR count). The van der Waals surface area contributed by atoms with Gasteiger partial charge in [-0.15, -0.1) is 0 Å². The summed E-state index contributed by atoms with van der Waals surface area (Å²) in [6.07, 6.45) is 0. The maximum Gasteiger partial charge on any atom is 0.186 e. The summed E-state index contributed by atoms with van der Waals surface area (Å²) in [6, 6.07) is 8.21. The molecule has 0 N–H and O–H groups in total. The van der Waals surface area contributed by atoms with Gasteiger partial charge >= 0.3 is 0 Å². The summed E-state index contributed by atoms with van der Waals surface area (Å²) in [6.45, 7) is 1.59. The second-order valence-corrected chi connectivity index (χ2v) is 6.20. The van der Waals surface area contributed by atoms with E-state index in [2.05, 4.69) is 38.9 Å². The quantitative estimate of drug-likeness (QED) is 0.793. The van der Waals surface area contributed by atoms with Crippen LogP contribution in [0.1, 0.15) is 0 Å². The number of hydrogen-bond acceptors (Lipinski definition) is 4. The van der Waals surface area contributed by atoms with Gasteiger partial charge in [0.05, 0.1) is 21.7 Å². The Morgan fingerprint density at radius 2 is 2.24 bits per heavy atom. The summed E-state index contributed by atoms with van der Waals surface area (Å²) in [4.78, 5) is 7.09. The molecule has 0 saturated carbocycles. The normalized spacial score (nSPS) is 12.9. The molecule has 1 atom stereocenters. The number of halogens is 1. The molecule has 0 amide bonds. The summed E-state index contributed by atoms with van der Waals surface area (Å²) in [7, 11) is 3.77. The molecule has 0 aliphatic carbocycles. The lowest BCUT2D eigenvalue weighted by molar-refractivity contribution is 0.202. The molecule has 3 nitrogen and oxygen atoms in total. The third kappa shape index (κ3) is 3.18. The molecule has 1 aromatic heterocycles. The number of alkyl halides is 1. The van der Waals surface area contributed by atoms with E-state index in [-0.39, 0.29) is 0 Å². The molecule has 2 aromatic rings. The smallest absolute Gasteiger partial charge is 0.186 e. The van der Waals surface area contributed by atoms with Crippen LogP contribution < -0.4 is 4.90 Å². The van der Waals surface area contributed by atoms with Gasteiger partial charge < -0.3 is 9.64 Å². The molecule has 0 fully saturated rings. The summed E-state index contributed by atoms with van der Waals surface area (Å²) < 4.78 is 6.34. The summed E-state index contributed by atoms with van der Waals surface area (Å²) in [5.74, 6) is 0. The minimum atomic E-state index is 0.324. The van der Waals surface area contributed by atoms with Gasteiger partial charge in [0.15, 0.2) is 5.13 Å². The van der Waals surface area contributed by atoms with E-state index < -0.39 is 0 Å². The molecule has 0 radical (unpaired) electrons. The number of hydrogen-bond donors (Lipinski definition) is 0. The number of rotatable bonds is 5. The van der Waals surface area contributed by atoms with E-state index in [4.69, 9.17) is 4.74 Å². The Kier molecular flexibility index (Phi) is 4.36. The maximum atomic E-state index is 5.11. The zero-order valence-electron chi connectivity index (χ0n) is 9.89. The van der Waals surface area contributed by atoms with Crippen LogP contribution in [0, 0.1) is 0 Å². The standard InChI is InChI=1S/C12H15BrN2OS/c1-15(7-9(13)8-16-2)12-14-10-5-3-4-6-11(10)17-12/h3-6,9H,7-8H2,1-2H3. The molecular formula is C12H15BrN2OS. The van der Waals surface area contributed by atoms with Crippen molar-refractivity contribution in [3.05, 3.63) is 24.3 Å². The first kappa shape index (κ1) is 12.8. The zero-order valence-corrected chi connectivity index (χ0v) is 12.3. The highest BCUT2D eigenvalue weighted by Crippen LogP contribution is 2.28. The Balaban J connectivity index is 2.10. The Bertz CT molecular complexity index is 455. The van der Waals surface area contributed by atoms with E-state index in [1.807, 2.05) is 18.2 Å². The largest absolute Gasteiger partial charge is 0.383 e. The summed E-state index contributed by atoms with van der Waals surface area (Å²) in [5.41, 5.74) is 1.07. The molecule has 1 unspecified atom stereocenters. The fourth-order valence-corrected chi connectivity index (χ4v) is 3.27. The van der Waals surface area contributed by atoms with Crippen LogP contribution in [0.4, 0.5) is 5.13 Å². The number of para-hydroxylation sites is 1. The van der Waals surface area contributed by atoms with Crippen molar-refractivity contribution >= 4 is 42.6 Å². The molecule has 92 valence electrons. The Labute approximate surface area is 114 Å². The van der Waals surface area contributed by atoms with Crippen LogP contribution in [-0.2, 0) is 4.74 Å². The minimum Gasteiger partial charge on any atom is -0.383 e. The minimum absolute atomic E-state index is 0.324. The molecule has 0 spiro atoms. The highest BCUT2D eigenvalue weighted by molar-refractivity contribution is 9.09. The Morgan fingerprint density at radius 1 is 1.47 bits per heavy atom. The lowest BCUT2D eigenvalue weighted by Gasteiger charge is -2.18. The van der Waals surface area contributed by atoms with Crippen molar-refractivity contribution in [1.29, 1.82) is 0 Å². The van der Waals surface area contributed by atoms with Crippen molar-refractivity contribution < 1.29 is 4.74 Å². The van der Waals surface area contributed by atoms with Gasteiger partial charge in [-0.05, 0) is 12.1 Å². The van der Waals surface area contributed by atoms with Crippen molar-refractivity contribution in [2.24, 2.45) is 0 Å². The van der Waals surface area contributed by atoms with E-state index in [0.717, 1.165) is 17.2 Å². The zero-order chi connectivity index (χ0) is 12.3. The molecule has 5 heteroatoms. The molecule has 1 heterocycles. The average molecular weight is 315 g/mol. The van der Waals surface area contributed by atoms with E-state index in [0.29, 0.717) is 11.4 Å². The molecular weight excluding hydrogens is 300 g/mol. The number of methoxy groups -OCH3 is 1. The highest BCUT2D eigenvalue weighted by Gasteiger charge is 2.12. The third-order valence-electron chi connectivity index (χ3n) is 2.43. The topological polar surface area (TPSA) is 25.4 Å². The SMILES string of the molecule is COCC(Br)CN(C)c1nc2ccccc2s1. The van der Waals surface area contributed by atoms with Crippen LogP contribution >= 0.6 is 27.3 Å². The Hall–Kier alpha value is -0.650. The van der Waals surface area contributed by atoms with Gasteiger partial charge in [-0.25, -0.2) is 4.98 Å². The number of nitrogens with zero attached hydrogens (tertiary/aromatic N) is 2. The maximum absolute atomic E-state index is 5.11. The van der Waals surface area contributed by atoms with Crippen LogP contribution in [0.15, 0.2) is 24.3 Å². The van der Waals surface area contributed by atoms with Gasteiger partial charge in [0.2, 0.25) is 0 Å². The molecule has 0 saturated heterocycles. The van der Waals surface area contributed by atoms with Crippen LogP contribution in [0.2, 0.25) is 0 Å². The predicted molar refractivity (Wildman–Crippen MR) is 77.5 cm³/mol. The van der Waals surface area contributed by atoms with E-state index in [9.17, 15) is 0 Å². The van der Waals surface area contributed by atoms with E-state index in [1.54, 1.807) is 18.4 Å². The van der Waals surface area contributed by atoms with Gasteiger partial charge in [-0.3, -0.25) is 0 Å². The number of thiazole rings is 1. The monoisotopic (exact) mass is 314 g/mol. The number of ether oxygens (including phenoxy) is 1. The number of anilines is 1. The highest BCUT2D eigenvalue weighted by atomic mass is 79.9. The first-order chi connectivity index (χ1) is 8.20. The number of aromatic nitrogens is 1. The van der Waals surface area contributed by atoms with Crippen molar-refractivity contribution in [2.45, 2.75) is 4.83 Å². The van der Waals surface area contributed by atoms with Gasteiger partial charge in [-0.1, -0.05) is 39.4 Å². The van der Waals surface area contributed by atoms with Crippen molar-refractivity contribution in [3.63, 3.8) is 0 Å². The van der Waals surface area contributed by atoms with E-state index in [1.165, 1.54) is 4.70 Å². The summed E-state index contributed by atoms with van der Waals surface area (Å²) >= 11 is 5.31. The van der Waals surface area contributed by atoms with Gasteiger partial charge in [-0.2, -0.15) is 0 Å². The predicted octanol–water partition coefficient (Wildman–Crippen LogP) is 3.14. The van der Waals surface area contributed by atoms with E-state index >= 15 is 0 Å².